The van der Waals surface area contributed by atoms with Gasteiger partial charge in [-0.1, -0.05) is 39.7 Å². The van der Waals surface area contributed by atoms with Crippen LogP contribution < -0.4 is 5.69 Å². The molecule has 0 fully saturated rings. The second-order valence-electron chi connectivity index (χ2n) is 4.87. The van der Waals surface area contributed by atoms with E-state index in [-0.39, 0.29) is 11.1 Å². The van der Waals surface area contributed by atoms with E-state index in [1.807, 2.05) is 37.3 Å². The summed E-state index contributed by atoms with van der Waals surface area (Å²) in [6.45, 7) is 1.95. The summed E-state index contributed by atoms with van der Waals surface area (Å²) in [5.74, 6) is 0. The third kappa shape index (κ3) is 2.76. The number of hydrogen-bond donors (Lipinski definition) is 2. The molecule has 6 heteroatoms. The topological polar surface area (TPSA) is 48.6 Å². The Kier molecular flexibility index (Phi) is 3.86. The van der Waals surface area contributed by atoms with Crippen LogP contribution in [0.5, 0.6) is 0 Å². The largest absolute Gasteiger partial charge is 0.323 e. The molecule has 0 amide bonds. The average molecular weight is 386 g/mol. The van der Waals surface area contributed by atoms with Gasteiger partial charge in [-0.2, -0.15) is 0 Å². The Hall–Kier alpha value is -1.23. The first-order chi connectivity index (χ1) is 9.95. The Morgan fingerprint density at radius 3 is 2.48 bits per heavy atom. The molecule has 0 aliphatic carbocycles. The minimum Gasteiger partial charge on any atom is -0.306 e. The number of hydrogen-bond acceptors (Lipinski definition) is 1. The van der Waals surface area contributed by atoms with Crippen LogP contribution >= 0.6 is 39.1 Å². The van der Waals surface area contributed by atoms with Gasteiger partial charge in [0.05, 0.1) is 16.4 Å². The van der Waals surface area contributed by atoms with E-state index in [0.29, 0.717) is 5.02 Å². The van der Waals surface area contributed by atoms with Crippen LogP contribution in [0.2, 0.25) is 5.02 Å². The van der Waals surface area contributed by atoms with Gasteiger partial charge in [0.25, 0.3) is 0 Å². The number of halogens is 3. The van der Waals surface area contributed by atoms with Crippen LogP contribution in [0.15, 0.2) is 39.6 Å². The molecule has 0 radical (unpaired) electrons. The van der Waals surface area contributed by atoms with E-state index in [1.54, 1.807) is 0 Å². The van der Waals surface area contributed by atoms with Gasteiger partial charge in [0, 0.05) is 9.50 Å². The first kappa shape index (κ1) is 14.7. The number of rotatable bonds is 2. The van der Waals surface area contributed by atoms with Crippen molar-refractivity contribution in [2.24, 2.45) is 0 Å². The molecule has 0 saturated carbocycles. The highest BCUT2D eigenvalue weighted by atomic mass is 79.9. The quantitative estimate of drug-likeness (QED) is 0.605. The van der Waals surface area contributed by atoms with Gasteiger partial charge in [0.1, 0.15) is 0 Å². The van der Waals surface area contributed by atoms with Gasteiger partial charge in [-0.15, -0.1) is 11.6 Å². The van der Waals surface area contributed by atoms with Crippen molar-refractivity contribution >= 4 is 50.2 Å². The molecule has 3 nitrogen and oxygen atoms in total. The van der Waals surface area contributed by atoms with Gasteiger partial charge in [0.15, 0.2) is 0 Å². The maximum Gasteiger partial charge on any atom is 0.323 e. The molecule has 0 spiro atoms. The molecule has 1 atom stereocenters. The van der Waals surface area contributed by atoms with Crippen LogP contribution in [0, 0.1) is 6.92 Å². The van der Waals surface area contributed by atoms with Crippen LogP contribution in [0.25, 0.3) is 11.0 Å². The van der Waals surface area contributed by atoms with Crippen molar-refractivity contribution in [2.75, 3.05) is 0 Å². The molecular weight excluding hydrogens is 375 g/mol. The van der Waals surface area contributed by atoms with Crippen LogP contribution in [0.1, 0.15) is 22.1 Å². The highest BCUT2D eigenvalue weighted by Crippen LogP contribution is 2.36. The number of aryl methyl sites for hydroxylation is 1. The lowest BCUT2D eigenvalue weighted by Crippen LogP contribution is -1.99. The Morgan fingerprint density at radius 2 is 1.81 bits per heavy atom. The summed E-state index contributed by atoms with van der Waals surface area (Å²) in [4.78, 5) is 16.8. The first-order valence-electron chi connectivity index (χ1n) is 6.27. The van der Waals surface area contributed by atoms with E-state index in [0.717, 1.165) is 32.2 Å². The van der Waals surface area contributed by atoms with E-state index >= 15 is 0 Å². The summed E-state index contributed by atoms with van der Waals surface area (Å²) in [7, 11) is 0. The molecule has 108 valence electrons. The lowest BCUT2D eigenvalue weighted by atomic mass is 10.0. The minimum atomic E-state index is -0.361. The molecule has 1 unspecified atom stereocenters. The predicted molar refractivity (Wildman–Crippen MR) is 90.5 cm³/mol. The monoisotopic (exact) mass is 384 g/mol. The summed E-state index contributed by atoms with van der Waals surface area (Å²) in [5, 5.41) is 0.325. The predicted octanol–water partition coefficient (Wildman–Crippen LogP) is 4.91. The smallest absolute Gasteiger partial charge is 0.306 e. The first-order valence-corrected chi connectivity index (χ1v) is 7.88. The zero-order valence-electron chi connectivity index (χ0n) is 11.0. The SMILES string of the molecule is Cc1ccc(C(Cl)c2cc3[nH]c(=O)[nH]c3cc2Br)cc1Cl. The van der Waals surface area contributed by atoms with Gasteiger partial charge in [-0.25, -0.2) is 4.79 Å². The fourth-order valence-electron chi connectivity index (χ4n) is 2.21. The van der Waals surface area contributed by atoms with E-state index in [9.17, 15) is 4.79 Å². The molecule has 0 saturated heterocycles. The van der Waals surface area contributed by atoms with Gasteiger partial charge >= 0.3 is 5.69 Å². The fraction of sp³-hybridized carbons (Fsp3) is 0.133. The van der Waals surface area contributed by atoms with Crippen molar-refractivity contribution in [3.8, 4) is 0 Å². The van der Waals surface area contributed by atoms with Gasteiger partial charge in [-0.05, 0) is 41.8 Å². The molecule has 3 rings (SSSR count). The molecule has 0 aliphatic heterocycles. The minimum absolute atomic E-state index is 0.237. The summed E-state index contributed by atoms with van der Waals surface area (Å²) in [5.41, 5.74) is 4.01. The summed E-state index contributed by atoms with van der Waals surface area (Å²) in [6.07, 6.45) is 0. The van der Waals surface area contributed by atoms with Gasteiger partial charge < -0.3 is 9.97 Å². The highest BCUT2D eigenvalue weighted by molar-refractivity contribution is 9.10. The molecule has 0 aliphatic rings. The van der Waals surface area contributed by atoms with Crippen molar-refractivity contribution < 1.29 is 0 Å². The standard InChI is InChI=1S/C15H11BrCl2N2O/c1-7-2-3-8(4-11(7)17)14(18)9-5-12-13(6-10(9)16)20-15(21)19-12/h2-6,14H,1H3,(H2,19,20,21). The Morgan fingerprint density at radius 1 is 1.14 bits per heavy atom. The lowest BCUT2D eigenvalue weighted by molar-refractivity contribution is 1.13. The number of nitrogens with one attached hydrogen (secondary N) is 2. The lowest BCUT2D eigenvalue weighted by Gasteiger charge is -2.13. The van der Waals surface area contributed by atoms with E-state index < -0.39 is 0 Å². The maximum absolute atomic E-state index is 11.4. The third-order valence-electron chi connectivity index (χ3n) is 3.39. The van der Waals surface area contributed by atoms with Crippen molar-refractivity contribution in [3.05, 3.63) is 67.0 Å². The number of fused-ring (bicyclic) bond motifs is 1. The molecule has 2 N–H and O–H groups in total. The van der Waals surface area contributed by atoms with Crippen molar-refractivity contribution in [2.45, 2.75) is 12.3 Å². The molecule has 0 bridgehead atoms. The molecular formula is C15H11BrCl2N2O. The summed E-state index contributed by atoms with van der Waals surface area (Å²) >= 11 is 16.2. The summed E-state index contributed by atoms with van der Waals surface area (Å²) in [6, 6.07) is 9.47. The van der Waals surface area contributed by atoms with Crippen LogP contribution in [-0.2, 0) is 0 Å². The van der Waals surface area contributed by atoms with Crippen molar-refractivity contribution in [1.82, 2.24) is 9.97 Å². The van der Waals surface area contributed by atoms with Crippen LogP contribution in [0.4, 0.5) is 0 Å². The maximum atomic E-state index is 11.4. The third-order valence-corrected chi connectivity index (χ3v) is 4.98. The molecule has 1 aromatic heterocycles. The normalized spacial score (nSPS) is 12.8. The molecule has 3 aromatic rings. The Bertz CT molecular complexity index is 885. The molecule has 1 heterocycles. The number of aromatic nitrogens is 2. The highest BCUT2D eigenvalue weighted by Gasteiger charge is 2.16. The second-order valence-corrected chi connectivity index (χ2v) is 6.57. The van der Waals surface area contributed by atoms with Gasteiger partial charge in [-0.3, -0.25) is 0 Å². The number of H-pyrrole nitrogens is 2. The second kappa shape index (κ2) is 5.52. The van der Waals surface area contributed by atoms with Crippen LogP contribution in [0.3, 0.4) is 0 Å². The number of imidazole rings is 1. The van der Waals surface area contributed by atoms with Crippen LogP contribution in [-0.4, -0.2) is 9.97 Å². The average Bonchev–Trinajstić information content (AvgIpc) is 2.79. The fourth-order valence-corrected chi connectivity index (χ4v) is 3.42. The Labute approximate surface area is 139 Å². The molecule has 2 aromatic carbocycles. The zero-order valence-corrected chi connectivity index (χ0v) is 14.1. The number of benzene rings is 2. The zero-order chi connectivity index (χ0) is 15.1. The van der Waals surface area contributed by atoms with Crippen molar-refractivity contribution in [1.29, 1.82) is 0 Å². The van der Waals surface area contributed by atoms with E-state index in [4.69, 9.17) is 23.2 Å². The van der Waals surface area contributed by atoms with E-state index in [1.165, 1.54) is 0 Å². The number of aromatic amines is 2. The number of alkyl halides is 1. The van der Waals surface area contributed by atoms with Crippen molar-refractivity contribution in [3.63, 3.8) is 0 Å². The summed E-state index contributed by atoms with van der Waals surface area (Å²) < 4.78 is 0.835. The van der Waals surface area contributed by atoms with E-state index in [2.05, 4.69) is 25.9 Å². The van der Waals surface area contributed by atoms with Gasteiger partial charge in [0.2, 0.25) is 0 Å². The molecule has 21 heavy (non-hydrogen) atoms. The Balaban J connectivity index is 2.11.